The summed E-state index contributed by atoms with van der Waals surface area (Å²) in [5.74, 6) is 0. The number of aryl methyl sites for hydroxylation is 1. The summed E-state index contributed by atoms with van der Waals surface area (Å²) in [6.07, 6.45) is 6.63. The van der Waals surface area contributed by atoms with E-state index in [-0.39, 0.29) is 20.3 Å². The summed E-state index contributed by atoms with van der Waals surface area (Å²) >= 11 is 0. The Labute approximate surface area is 140 Å². The first-order valence-electron chi connectivity index (χ1n) is 7.85. The number of unbranched alkanes of at least 4 members (excludes halogenated alkanes) is 3. The van der Waals surface area contributed by atoms with E-state index in [1.54, 1.807) is 0 Å². The Morgan fingerprint density at radius 1 is 0.950 bits per heavy atom. The number of anilines is 1. The molecule has 1 rings (SSSR count). The largest absolute Gasteiger partial charge is 1.00 e. The zero-order valence-electron chi connectivity index (χ0n) is 15.5. The van der Waals surface area contributed by atoms with Crippen LogP contribution >= 0.6 is 0 Å². The third kappa shape index (κ3) is 6.52. The number of nitrogens with zero attached hydrogens (tertiary/aromatic N) is 1. The normalized spacial score (nSPS) is 11.1. The van der Waals surface area contributed by atoms with Gasteiger partial charge in [0, 0.05) is 12.2 Å². The molecule has 0 fully saturated rings. The van der Waals surface area contributed by atoms with E-state index in [1.165, 1.54) is 43.4 Å². The molecule has 0 saturated heterocycles. The Balaban J connectivity index is 0. The summed E-state index contributed by atoms with van der Waals surface area (Å²) in [6, 6.07) is 9.28. The Morgan fingerprint density at radius 3 is 2.00 bits per heavy atom. The molecule has 0 atom stereocenters. The predicted octanol–water partition coefficient (Wildman–Crippen LogP) is 2.59. The molecular formula is C17H32LiNSi. The van der Waals surface area contributed by atoms with E-state index in [2.05, 4.69) is 62.3 Å². The zero-order chi connectivity index (χ0) is 14.3. The first kappa shape index (κ1) is 19.8. The van der Waals surface area contributed by atoms with E-state index in [0.717, 1.165) is 6.54 Å². The molecular weight excluding hydrogens is 253 g/mol. The van der Waals surface area contributed by atoms with Gasteiger partial charge in [-0.15, -0.1) is 0 Å². The fourth-order valence-electron chi connectivity index (χ4n) is 2.64. The molecule has 0 bridgehead atoms. The van der Waals surface area contributed by atoms with E-state index in [4.69, 9.17) is 0 Å². The number of benzene rings is 1. The average molecular weight is 285 g/mol. The van der Waals surface area contributed by atoms with Crippen LogP contribution in [-0.2, 0) is 6.42 Å². The standard InChI is InChI=1S/C17H31NSi.Li.H/c1-6-8-9-10-11-16-12-14-17(15-13-16)18(7-2)19(3,4)5;;/h12-15H,6-11H2,1-5H3;;/q;+1;-1. The summed E-state index contributed by atoms with van der Waals surface area (Å²) in [4.78, 5) is 0. The second kappa shape index (κ2) is 9.71. The maximum Gasteiger partial charge on any atom is 1.00 e. The van der Waals surface area contributed by atoms with E-state index in [0.29, 0.717) is 0 Å². The fourth-order valence-corrected chi connectivity index (χ4v) is 4.52. The van der Waals surface area contributed by atoms with Crippen LogP contribution in [0.5, 0.6) is 0 Å². The molecule has 110 valence electrons. The third-order valence-electron chi connectivity index (χ3n) is 3.69. The van der Waals surface area contributed by atoms with Gasteiger partial charge in [0.05, 0.1) is 0 Å². The van der Waals surface area contributed by atoms with Crippen molar-refractivity contribution in [1.82, 2.24) is 0 Å². The van der Waals surface area contributed by atoms with Gasteiger partial charge in [-0.3, -0.25) is 0 Å². The summed E-state index contributed by atoms with van der Waals surface area (Å²) < 4.78 is 2.59. The van der Waals surface area contributed by atoms with Crippen molar-refractivity contribution in [2.75, 3.05) is 11.1 Å². The Bertz CT molecular complexity index is 362. The van der Waals surface area contributed by atoms with Crippen molar-refractivity contribution in [3.8, 4) is 0 Å². The average Bonchev–Trinajstić information content (AvgIpc) is 2.35. The maximum atomic E-state index is 2.59. The smallest absolute Gasteiger partial charge is 1.00 e. The second-order valence-corrected chi connectivity index (χ2v) is 11.3. The van der Waals surface area contributed by atoms with Gasteiger partial charge in [0.25, 0.3) is 0 Å². The van der Waals surface area contributed by atoms with Crippen molar-refractivity contribution in [2.24, 2.45) is 0 Å². The molecule has 1 nitrogen and oxygen atoms in total. The van der Waals surface area contributed by atoms with Crippen LogP contribution in [0, 0.1) is 0 Å². The van der Waals surface area contributed by atoms with Crippen molar-refractivity contribution >= 4 is 13.9 Å². The molecule has 1 aromatic carbocycles. The Hall–Kier alpha value is -0.166. The van der Waals surface area contributed by atoms with Gasteiger partial charge in [-0.05, 0) is 37.5 Å². The summed E-state index contributed by atoms with van der Waals surface area (Å²) in [7, 11) is -1.25. The van der Waals surface area contributed by atoms with Gasteiger partial charge in [0.1, 0.15) is 8.24 Å². The Morgan fingerprint density at radius 2 is 1.55 bits per heavy atom. The first-order chi connectivity index (χ1) is 8.99. The van der Waals surface area contributed by atoms with Crippen LogP contribution in [0.3, 0.4) is 0 Å². The SMILES string of the molecule is CCCCCCc1ccc(N(CC)[Si](C)(C)C)cc1.[H-].[Li+]. The molecule has 0 aliphatic rings. The van der Waals surface area contributed by atoms with Crippen molar-refractivity contribution in [3.63, 3.8) is 0 Å². The first-order valence-corrected chi connectivity index (χ1v) is 11.3. The van der Waals surface area contributed by atoms with Crippen LogP contribution in [0.1, 0.15) is 46.5 Å². The van der Waals surface area contributed by atoms with Gasteiger partial charge < -0.3 is 5.99 Å². The molecule has 20 heavy (non-hydrogen) atoms. The van der Waals surface area contributed by atoms with Gasteiger partial charge in [-0.25, -0.2) is 0 Å². The molecule has 1 aromatic rings. The van der Waals surface area contributed by atoms with Crippen LogP contribution in [-0.4, -0.2) is 14.8 Å². The molecule has 0 saturated carbocycles. The molecule has 0 radical (unpaired) electrons. The van der Waals surface area contributed by atoms with E-state index < -0.39 is 8.24 Å². The minimum Gasteiger partial charge on any atom is -1.00 e. The van der Waals surface area contributed by atoms with E-state index in [1.807, 2.05) is 0 Å². The molecule has 0 amide bonds. The van der Waals surface area contributed by atoms with Crippen molar-refractivity contribution < 1.29 is 20.3 Å². The second-order valence-electron chi connectivity index (χ2n) is 6.39. The van der Waals surface area contributed by atoms with Gasteiger partial charge in [-0.2, -0.15) is 0 Å². The molecule has 0 unspecified atom stereocenters. The van der Waals surface area contributed by atoms with Crippen LogP contribution in [0.4, 0.5) is 5.69 Å². The quantitative estimate of drug-likeness (QED) is 0.524. The van der Waals surface area contributed by atoms with Crippen LogP contribution in [0.25, 0.3) is 0 Å². The summed E-state index contributed by atoms with van der Waals surface area (Å²) in [6.45, 7) is 12.9. The Kier molecular flexibility index (Phi) is 9.63. The minimum atomic E-state index is -1.25. The number of hydrogen-bond acceptors (Lipinski definition) is 1. The van der Waals surface area contributed by atoms with Crippen LogP contribution in [0.2, 0.25) is 19.6 Å². The summed E-state index contributed by atoms with van der Waals surface area (Å²) in [5.41, 5.74) is 2.89. The van der Waals surface area contributed by atoms with Gasteiger partial charge >= 0.3 is 18.9 Å². The molecule has 0 aliphatic carbocycles. The van der Waals surface area contributed by atoms with Crippen LogP contribution < -0.4 is 23.4 Å². The van der Waals surface area contributed by atoms with Gasteiger partial charge in [0.2, 0.25) is 0 Å². The molecule has 0 heterocycles. The molecule has 3 heteroatoms. The van der Waals surface area contributed by atoms with Crippen molar-refractivity contribution in [1.29, 1.82) is 0 Å². The number of rotatable bonds is 8. The van der Waals surface area contributed by atoms with Crippen molar-refractivity contribution in [3.05, 3.63) is 29.8 Å². The van der Waals surface area contributed by atoms with E-state index >= 15 is 0 Å². The minimum absolute atomic E-state index is 0. The van der Waals surface area contributed by atoms with Crippen molar-refractivity contribution in [2.45, 2.75) is 65.6 Å². The van der Waals surface area contributed by atoms with E-state index in [9.17, 15) is 0 Å². The third-order valence-corrected chi connectivity index (χ3v) is 5.89. The molecule has 0 aromatic heterocycles. The number of hydrogen-bond donors (Lipinski definition) is 0. The predicted molar refractivity (Wildman–Crippen MR) is 91.8 cm³/mol. The van der Waals surface area contributed by atoms with Gasteiger partial charge in [-0.1, -0.05) is 58.0 Å². The monoisotopic (exact) mass is 285 g/mol. The molecule has 0 N–H and O–H groups in total. The maximum absolute atomic E-state index is 2.59. The molecule has 0 aliphatic heterocycles. The topological polar surface area (TPSA) is 3.24 Å². The molecule has 0 spiro atoms. The fraction of sp³-hybridized carbons (Fsp3) is 0.647. The van der Waals surface area contributed by atoms with Crippen LogP contribution in [0.15, 0.2) is 24.3 Å². The zero-order valence-corrected chi connectivity index (χ0v) is 15.5. The van der Waals surface area contributed by atoms with Gasteiger partial charge in [0.15, 0.2) is 0 Å². The summed E-state index contributed by atoms with van der Waals surface area (Å²) in [5, 5.41) is 0.